The summed E-state index contributed by atoms with van der Waals surface area (Å²) < 4.78 is 6.97. The quantitative estimate of drug-likeness (QED) is 0.598. The Labute approximate surface area is 160 Å². The average molecular weight is 373 g/mol. The number of nitrogens with one attached hydrogen (secondary N) is 1. The van der Waals surface area contributed by atoms with Crippen LogP contribution in [0.3, 0.4) is 0 Å². The van der Waals surface area contributed by atoms with Crippen LogP contribution in [0.15, 0.2) is 64.1 Å². The van der Waals surface area contributed by atoms with Crippen LogP contribution in [0.1, 0.15) is 30.0 Å². The SMILES string of the molecule is O=C(Cn1cnc2c(oc3ccccc32)c1=O)N[C@@H]1CCCc2ccccc21. The zero-order chi connectivity index (χ0) is 19.1. The van der Waals surface area contributed by atoms with Gasteiger partial charge < -0.3 is 9.73 Å². The fraction of sp³-hybridized carbons (Fsp3) is 0.227. The van der Waals surface area contributed by atoms with E-state index in [0.717, 1.165) is 24.6 Å². The minimum atomic E-state index is -0.347. The molecule has 28 heavy (non-hydrogen) atoms. The topological polar surface area (TPSA) is 77.1 Å². The molecule has 2 aromatic carbocycles. The lowest BCUT2D eigenvalue weighted by Gasteiger charge is -2.26. The third-order valence-electron chi connectivity index (χ3n) is 5.37. The number of fused-ring (bicyclic) bond motifs is 4. The van der Waals surface area contributed by atoms with Crippen molar-refractivity contribution in [2.45, 2.75) is 31.8 Å². The van der Waals surface area contributed by atoms with E-state index in [-0.39, 0.29) is 29.6 Å². The van der Waals surface area contributed by atoms with E-state index in [1.807, 2.05) is 30.3 Å². The molecule has 6 nitrogen and oxygen atoms in total. The summed E-state index contributed by atoms with van der Waals surface area (Å²) in [5.41, 5.74) is 3.42. The van der Waals surface area contributed by atoms with Crippen molar-refractivity contribution in [2.24, 2.45) is 0 Å². The Morgan fingerprint density at radius 1 is 1.18 bits per heavy atom. The third kappa shape index (κ3) is 2.78. The van der Waals surface area contributed by atoms with Gasteiger partial charge in [0, 0.05) is 5.39 Å². The first-order chi connectivity index (χ1) is 13.7. The number of hydrogen-bond donors (Lipinski definition) is 1. The molecule has 0 fully saturated rings. The van der Waals surface area contributed by atoms with Crippen molar-refractivity contribution in [3.05, 3.63) is 76.3 Å². The van der Waals surface area contributed by atoms with E-state index in [4.69, 9.17) is 4.42 Å². The van der Waals surface area contributed by atoms with Crippen LogP contribution in [0.4, 0.5) is 0 Å². The maximum Gasteiger partial charge on any atom is 0.297 e. The molecule has 1 amide bonds. The summed E-state index contributed by atoms with van der Waals surface area (Å²) in [7, 11) is 0. The lowest BCUT2D eigenvalue weighted by Crippen LogP contribution is -2.36. The third-order valence-corrected chi connectivity index (χ3v) is 5.37. The number of amides is 1. The number of rotatable bonds is 3. The highest BCUT2D eigenvalue weighted by molar-refractivity contribution is 6.01. The number of aromatic nitrogens is 2. The van der Waals surface area contributed by atoms with E-state index < -0.39 is 0 Å². The normalized spacial score (nSPS) is 16.2. The molecular weight excluding hydrogens is 354 g/mol. The van der Waals surface area contributed by atoms with Gasteiger partial charge in [0.25, 0.3) is 5.56 Å². The summed E-state index contributed by atoms with van der Waals surface area (Å²) in [5.74, 6) is -0.207. The second-order valence-corrected chi connectivity index (χ2v) is 7.16. The van der Waals surface area contributed by atoms with Crippen LogP contribution in [0.5, 0.6) is 0 Å². The van der Waals surface area contributed by atoms with Crippen molar-refractivity contribution in [2.75, 3.05) is 0 Å². The van der Waals surface area contributed by atoms with E-state index >= 15 is 0 Å². The number of aryl methyl sites for hydroxylation is 1. The molecule has 1 N–H and O–H groups in total. The van der Waals surface area contributed by atoms with Crippen molar-refractivity contribution in [3.63, 3.8) is 0 Å². The molecule has 0 saturated heterocycles. The summed E-state index contributed by atoms with van der Waals surface area (Å²) in [6.07, 6.45) is 4.39. The van der Waals surface area contributed by atoms with Crippen LogP contribution < -0.4 is 10.9 Å². The molecule has 140 valence electrons. The fourth-order valence-corrected chi connectivity index (χ4v) is 4.03. The molecular formula is C22H19N3O3. The van der Waals surface area contributed by atoms with Crippen molar-refractivity contribution in [1.82, 2.24) is 14.9 Å². The minimum Gasteiger partial charge on any atom is -0.448 e. The molecule has 0 spiro atoms. The highest BCUT2D eigenvalue weighted by Gasteiger charge is 2.22. The van der Waals surface area contributed by atoms with Gasteiger partial charge in [-0.2, -0.15) is 0 Å². The highest BCUT2D eigenvalue weighted by atomic mass is 16.3. The van der Waals surface area contributed by atoms with Gasteiger partial charge in [-0.1, -0.05) is 36.4 Å². The summed E-state index contributed by atoms with van der Waals surface area (Å²) in [4.78, 5) is 29.8. The van der Waals surface area contributed by atoms with Gasteiger partial charge in [-0.25, -0.2) is 4.98 Å². The van der Waals surface area contributed by atoms with E-state index in [9.17, 15) is 9.59 Å². The highest BCUT2D eigenvalue weighted by Crippen LogP contribution is 2.29. The van der Waals surface area contributed by atoms with Gasteiger partial charge in [-0.05, 0) is 42.5 Å². The molecule has 5 rings (SSSR count). The Hall–Kier alpha value is -3.41. The molecule has 0 aliphatic heterocycles. The van der Waals surface area contributed by atoms with Gasteiger partial charge in [0.1, 0.15) is 17.6 Å². The van der Waals surface area contributed by atoms with E-state index in [0.29, 0.717) is 11.1 Å². The predicted molar refractivity (Wildman–Crippen MR) is 106 cm³/mol. The zero-order valence-electron chi connectivity index (χ0n) is 15.2. The fourth-order valence-electron chi connectivity index (χ4n) is 4.03. The number of carbonyl (C=O) groups excluding carboxylic acids is 1. The number of carbonyl (C=O) groups is 1. The molecule has 1 aliphatic rings. The molecule has 2 heterocycles. The van der Waals surface area contributed by atoms with E-state index in [1.54, 1.807) is 6.07 Å². The second-order valence-electron chi connectivity index (χ2n) is 7.16. The Kier molecular flexibility index (Phi) is 3.97. The lowest BCUT2D eigenvalue weighted by atomic mass is 9.88. The van der Waals surface area contributed by atoms with Gasteiger partial charge in [0.15, 0.2) is 0 Å². The molecule has 0 bridgehead atoms. The van der Waals surface area contributed by atoms with Crippen molar-refractivity contribution >= 4 is 28.0 Å². The van der Waals surface area contributed by atoms with Crippen LogP contribution in [-0.4, -0.2) is 15.5 Å². The number of furan rings is 1. The summed E-state index contributed by atoms with van der Waals surface area (Å²) >= 11 is 0. The molecule has 0 saturated carbocycles. The van der Waals surface area contributed by atoms with E-state index in [2.05, 4.69) is 22.4 Å². The average Bonchev–Trinajstić information content (AvgIpc) is 3.10. The first kappa shape index (κ1) is 16.7. The van der Waals surface area contributed by atoms with Crippen LogP contribution in [-0.2, 0) is 17.8 Å². The number of para-hydroxylation sites is 1. The van der Waals surface area contributed by atoms with Crippen molar-refractivity contribution in [3.8, 4) is 0 Å². The molecule has 4 aromatic rings. The second kappa shape index (κ2) is 6.64. The smallest absolute Gasteiger partial charge is 0.297 e. The Bertz CT molecular complexity index is 1250. The Morgan fingerprint density at radius 2 is 2.00 bits per heavy atom. The molecule has 1 atom stereocenters. The van der Waals surface area contributed by atoms with Crippen LogP contribution in [0.2, 0.25) is 0 Å². The number of hydrogen-bond acceptors (Lipinski definition) is 4. The van der Waals surface area contributed by atoms with Crippen molar-refractivity contribution in [1.29, 1.82) is 0 Å². The van der Waals surface area contributed by atoms with Crippen LogP contribution >= 0.6 is 0 Å². The maximum atomic E-state index is 12.8. The lowest BCUT2D eigenvalue weighted by molar-refractivity contribution is -0.122. The minimum absolute atomic E-state index is 0.0176. The largest absolute Gasteiger partial charge is 0.448 e. The van der Waals surface area contributed by atoms with Crippen molar-refractivity contribution < 1.29 is 9.21 Å². The number of benzene rings is 2. The maximum absolute atomic E-state index is 12.8. The summed E-state index contributed by atoms with van der Waals surface area (Å²) in [5, 5.41) is 3.86. The molecule has 2 aromatic heterocycles. The van der Waals surface area contributed by atoms with Crippen LogP contribution in [0, 0.1) is 0 Å². The molecule has 0 radical (unpaired) electrons. The van der Waals surface area contributed by atoms with Gasteiger partial charge in [0.2, 0.25) is 11.5 Å². The van der Waals surface area contributed by atoms with Gasteiger partial charge in [-0.15, -0.1) is 0 Å². The standard InChI is InChI=1S/C22H19N3O3/c26-19(24-17-10-5-7-14-6-1-2-8-15(14)17)12-25-13-23-20-16-9-3-4-11-18(16)28-21(20)22(25)27/h1-4,6,8-9,11,13,17H,5,7,10,12H2,(H,24,26)/t17-/m1/s1. The van der Waals surface area contributed by atoms with Gasteiger partial charge in [-0.3, -0.25) is 14.2 Å². The predicted octanol–water partition coefficient (Wildman–Crippen LogP) is 3.34. The van der Waals surface area contributed by atoms with Crippen LogP contribution in [0.25, 0.3) is 22.1 Å². The molecule has 6 heteroatoms. The Balaban J connectivity index is 1.41. The Morgan fingerprint density at radius 3 is 2.93 bits per heavy atom. The molecule has 0 unspecified atom stereocenters. The monoisotopic (exact) mass is 373 g/mol. The summed E-state index contributed by atoms with van der Waals surface area (Å²) in [6.45, 7) is -0.0858. The van der Waals surface area contributed by atoms with Gasteiger partial charge in [0.05, 0.1) is 12.4 Å². The first-order valence-corrected chi connectivity index (χ1v) is 9.44. The zero-order valence-corrected chi connectivity index (χ0v) is 15.2. The first-order valence-electron chi connectivity index (χ1n) is 9.44. The van der Waals surface area contributed by atoms with E-state index in [1.165, 1.54) is 22.0 Å². The summed E-state index contributed by atoms with van der Waals surface area (Å²) in [6, 6.07) is 15.6. The number of nitrogens with zero attached hydrogens (tertiary/aromatic N) is 2. The molecule has 1 aliphatic carbocycles. The van der Waals surface area contributed by atoms with Gasteiger partial charge >= 0.3 is 0 Å².